The highest BCUT2D eigenvalue weighted by molar-refractivity contribution is 6.55. The Labute approximate surface area is 165 Å². The summed E-state index contributed by atoms with van der Waals surface area (Å²) in [4.78, 5) is 0. The van der Waals surface area contributed by atoms with Crippen LogP contribution in [0.15, 0.2) is 52.1 Å². The second-order valence-electron chi connectivity index (χ2n) is 4.80. The van der Waals surface area contributed by atoms with Crippen molar-refractivity contribution < 1.29 is 14.7 Å². The second kappa shape index (κ2) is 9.78. The van der Waals surface area contributed by atoms with Crippen molar-refractivity contribution in [1.29, 1.82) is 0 Å². The zero-order valence-electron chi connectivity index (χ0n) is 12.8. The Kier molecular flexibility index (Phi) is 7.72. The van der Waals surface area contributed by atoms with Crippen molar-refractivity contribution in [3.05, 3.63) is 68.1 Å². The van der Waals surface area contributed by atoms with Crippen molar-refractivity contribution >= 4 is 52.6 Å². The molecule has 2 aromatic carbocycles. The largest absolute Gasteiger partial charge is 0.489 e. The Balaban J connectivity index is 2.03. The Morgan fingerprint density at radius 2 is 1.68 bits per heavy atom. The Morgan fingerprint density at radius 1 is 1.04 bits per heavy atom. The van der Waals surface area contributed by atoms with Gasteiger partial charge in [0, 0.05) is 12.1 Å². The number of hydrogen-bond acceptors (Lipinski definition) is 4. The topological polar surface area (TPSA) is 51.1 Å². The molecular weight excluding hydrogens is 408 g/mol. The van der Waals surface area contributed by atoms with Gasteiger partial charge in [-0.25, -0.2) is 0 Å². The standard InChI is InChI=1S/C17H13Cl4NO3/c18-14-7-13(24-6-5-16(20)21)8-15(19)17(14)25-10-12-3-1-11(2-4-12)9-22-23/h1-5,7-9,23H,6,10H2/b22-9+. The van der Waals surface area contributed by atoms with Crippen LogP contribution in [0.5, 0.6) is 11.5 Å². The lowest BCUT2D eigenvalue weighted by Gasteiger charge is -2.12. The van der Waals surface area contributed by atoms with Crippen LogP contribution in [0.25, 0.3) is 0 Å². The van der Waals surface area contributed by atoms with Crippen LogP contribution in [0.4, 0.5) is 0 Å². The predicted molar refractivity (Wildman–Crippen MR) is 102 cm³/mol. The van der Waals surface area contributed by atoms with E-state index < -0.39 is 0 Å². The fourth-order valence-corrected chi connectivity index (χ4v) is 2.58. The summed E-state index contributed by atoms with van der Waals surface area (Å²) in [5, 5.41) is 12.1. The zero-order valence-corrected chi connectivity index (χ0v) is 15.8. The molecule has 0 saturated heterocycles. The first-order chi connectivity index (χ1) is 12.0. The van der Waals surface area contributed by atoms with Gasteiger partial charge < -0.3 is 14.7 Å². The molecule has 8 heteroatoms. The van der Waals surface area contributed by atoms with Crippen LogP contribution in [0.1, 0.15) is 11.1 Å². The number of benzene rings is 2. The highest BCUT2D eigenvalue weighted by Crippen LogP contribution is 2.37. The van der Waals surface area contributed by atoms with Crippen LogP contribution in [0.3, 0.4) is 0 Å². The summed E-state index contributed by atoms with van der Waals surface area (Å²) in [5.74, 6) is 0.837. The summed E-state index contributed by atoms with van der Waals surface area (Å²) in [5.41, 5.74) is 1.68. The fourth-order valence-electron chi connectivity index (χ4n) is 1.88. The van der Waals surface area contributed by atoms with E-state index in [1.165, 1.54) is 12.3 Å². The van der Waals surface area contributed by atoms with E-state index in [9.17, 15) is 0 Å². The number of halogens is 4. The van der Waals surface area contributed by atoms with E-state index in [0.717, 1.165) is 11.1 Å². The number of oxime groups is 1. The third-order valence-electron chi connectivity index (χ3n) is 3.03. The molecule has 0 saturated carbocycles. The minimum Gasteiger partial charge on any atom is -0.489 e. The molecule has 1 N–H and O–H groups in total. The molecule has 0 aliphatic heterocycles. The molecule has 0 heterocycles. The van der Waals surface area contributed by atoms with Crippen molar-refractivity contribution in [2.45, 2.75) is 6.61 Å². The van der Waals surface area contributed by atoms with Crippen LogP contribution >= 0.6 is 46.4 Å². The van der Waals surface area contributed by atoms with Gasteiger partial charge in [-0.2, -0.15) is 0 Å². The van der Waals surface area contributed by atoms with Crippen molar-refractivity contribution in [2.75, 3.05) is 6.61 Å². The number of hydrogen-bond donors (Lipinski definition) is 1. The van der Waals surface area contributed by atoms with E-state index in [1.807, 2.05) is 12.1 Å². The monoisotopic (exact) mass is 419 g/mol. The van der Waals surface area contributed by atoms with Gasteiger partial charge in [0.15, 0.2) is 5.75 Å². The maximum absolute atomic E-state index is 8.49. The van der Waals surface area contributed by atoms with Gasteiger partial charge >= 0.3 is 0 Å². The van der Waals surface area contributed by atoms with Gasteiger partial charge in [0.2, 0.25) is 0 Å². The van der Waals surface area contributed by atoms with E-state index in [2.05, 4.69) is 5.16 Å². The van der Waals surface area contributed by atoms with Gasteiger partial charge in [0.1, 0.15) is 23.5 Å². The SMILES string of the molecule is O/N=C/c1ccc(COc2c(Cl)cc(OCC=C(Cl)Cl)cc2Cl)cc1. The highest BCUT2D eigenvalue weighted by Gasteiger charge is 2.11. The van der Waals surface area contributed by atoms with Gasteiger partial charge in [0.25, 0.3) is 0 Å². The Bertz CT molecular complexity index is 749. The van der Waals surface area contributed by atoms with Crippen LogP contribution in [-0.2, 0) is 6.61 Å². The van der Waals surface area contributed by atoms with E-state index >= 15 is 0 Å². The third kappa shape index (κ3) is 6.33. The third-order valence-corrected chi connectivity index (χ3v) is 3.90. The normalized spacial score (nSPS) is 10.7. The molecule has 0 atom stereocenters. The highest BCUT2D eigenvalue weighted by atomic mass is 35.5. The quantitative estimate of drug-likeness (QED) is 0.335. The molecule has 4 nitrogen and oxygen atoms in total. The minimum atomic E-state index is 0.119. The first-order valence-corrected chi connectivity index (χ1v) is 8.53. The van der Waals surface area contributed by atoms with Crippen LogP contribution < -0.4 is 9.47 Å². The van der Waals surface area contributed by atoms with E-state index in [1.54, 1.807) is 24.3 Å². The molecule has 0 spiro atoms. The fraction of sp³-hybridized carbons (Fsp3) is 0.118. The zero-order chi connectivity index (χ0) is 18.2. The molecule has 132 valence electrons. The summed E-state index contributed by atoms with van der Waals surface area (Å²) in [7, 11) is 0. The Morgan fingerprint density at radius 3 is 2.24 bits per heavy atom. The summed E-state index contributed by atoms with van der Waals surface area (Å²) in [6.45, 7) is 0.472. The van der Waals surface area contributed by atoms with E-state index in [-0.39, 0.29) is 17.7 Å². The predicted octanol–water partition coefficient (Wildman–Crippen LogP) is 6.08. The lowest BCUT2D eigenvalue weighted by atomic mass is 10.1. The minimum absolute atomic E-state index is 0.119. The molecule has 0 fully saturated rings. The number of ether oxygens (including phenoxy) is 2. The molecule has 0 amide bonds. The maximum Gasteiger partial charge on any atom is 0.157 e. The molecule has 0 aromatic heterocycles. The van der Waals surface area contributed by atoms with Crippen molar-refractivity contribution in [1.82, 2.24) is 0 Å². The van der Waals surface area contributed by atoms with Crippen LogP contribution in [-0.4, -0.2) is 18.0 Å². The van der Waals surface area contributed by atoms with Crippen molar-refractivity contribution in [3.63, 3.8) is 0 Å². The number of nitrogens with zero attached hydrogens (tertiary/aromatic N) is 1. The lowest BCUT2D eigenvalue weighted by Crippen LogP contribution is -1.99. The number of rotatable bonds is 7. The summed E-state index contributed by atoms with van der Waals surface area (Å²) in [6.07, 6.45) is 2.84. The van der Waals surface area contributed by atoms with Gasteiger partial charge in [-0.15, -0.1) is 0 Å². The molecule has 2 rings (SSSR count). The lowest BCUT2D eigenvalue weighted by molar-refractivity contribution is 0.305. The van der Waals surface area contributed by atoms with Crippen molar-refractivity contribution in [3.8, 4) is 11.5 Å². The molecule has 2 aromatic rings. The van der Waals surface area contributed by atoms with Crippen LogP contribution in [0, 0.1) is 0 Å². The molecular formula is C17H13Cl4NO3. The maximum atomic E-state index is 8.49. The molecule has 0 bridgehead atoms. The van der Waals surface area contributed by atoms with Gasteiger partial charge in [0.05, 0.1) is 16.3 Å². The summed E-state index contributed by atoms with van der Waals surface area (Å²) in [6, 6.07) is 10.5. The Hall–Kier alpha value is -1.59. The average Bonchev–Trinajstić information content (AvgIpc) is 2.55. The molecule has 0 aliphatic rings. The summed E-state index contributed by atoms with van der Waals surface area (Å²) < 4.78 is 11.2. The first-order valence-electron chi connectivity index (χ1n) is 7.01. The van der Waals surface area contributed by atoms with Crippen molar-refractivity contribution in [2.24, 2.45) is 5.16 Å². The van der Waals surface area contributed by atoms with E-state index in [0.29, 0.717) is 21.5 Å². The second-order valence-corrected chi connectivity index (χ2v) is 6.62. The summed E-state index contributed by atoms with van der Waals surface area (Å²) >= 11 is 23.4. The van der Waals surface area contributed by atoms with E-state index in [4.69, 9.17) is 61.1 Å². The molecule has 0 unspecified atom stereocenters. The van der Waals surface area contributed by atoms with Gasteiger partial charge in [-0.05, 0) is 17.2 Å². The van der Waals surface area contributed by atoms with Gasteiger partial charge in [-0.1, -0.05) is 75.8 Å². The van der Waals surface area contributed by atoms with Crippen LogP contribution in [0.2, 0.25) is 10.0 Å². The molecule has 25 heavy (non-hydrogen) atoms. The average molecular weight is 421 g/mol. The molecule has 0 radical (unpaired) electrons. The van der Waals surface area contributed by atoms with Gasteiger partial charge in [-0.3, -0.25) is 0 Å². The molecule has 0 aliphatic carbocycles. The first kappa shape index (κ1) is 19.7. The smallest absolute Gasteiger partial charge is 0.157 e.